The van der Waals surface area contributed by atoms with E-state index in [1.807, 2.05) is 20.8 Å². The summed E-state index contributed by atoms with van der Waals surface area (Å²) in [5, 5.41) is 8.85. The van der Waals surface area contributed by atoms with Crippen molar-refractivity contribution in [1.82, 2.24) is 8.61 Å². The molecule has 0 aliphatic rings. The lowest BCUT2D eigenvalue weighted by Gasteiger charge is -2.30. The first kappa shape index (κ1) is 14.8. The molecule has 5 nitrogen and oxygen atoms in total. The number of hydrogen-bond donors (Lipinski definition) is 1. The fourth-order valence-electron chi connectivity index (χ4n) is 1.15. The Labute approximate surface area is 92.9 Å². The summed E-state index contributed by atoms with van der Waals surface area (Å²) in [4.78, 5) is 0. The molecule has 0 amide bonds. The molecule has 0 saturated heterocycles. The van der Waals surface area contributed by atoms with E-state index in [0.29, 0.717) is 6.54 Å². The molecule has 0 bridgehead atoms. The van der Waals surface area contributed by atoms with Gasteiger partial charge in [0.05, 0.1) is 6.61 Å². The van der Waals surface area contributed by atoms with E-state index < -0.39 is 10.2 Å². The Morgan fingerprint density at radius 2 is 1.67 bits per heavy atom. The van der Waals surface area contributed by atoms with E-state index in [0.717, 1.165) is 4.31 Å². The minimum Gasteiger partial charge on any atom is -0.395 e. The molecule has 0 aromatic rings. The second-order valence-electron chi connectivity index (χ2n) is 4.91. The maximum absolute atomic E-state index is 11.8. The highest BCUT2D eigenvalue weighted by molar-refractivity contribution is 7.86. The SMILES string of the molecule is CN(C)S(=O)(=O)N(CCO)CC(C)(C)C. The van der Waals surface area contributed by atoms with Gasteiger partial charge in [0.2, 0.25) is 0 Å². The zero-order valence-electron chi connectivity index (χ0n) is 10.2. The van der Waals surface area contributed by atoms with Gasteiger partial charge < -0.3 is 5.11 Å². The van der Waals surface area contributed by atoms with Crippen LogP contribution in [0.1, 0.15) is 20.8 Å². The molecule has 0 heterocycles. The largest absolute Gasteiger partial charge is 0.395 e. The second kappa shape index (κ2) is 5.25. The van der Waals surface area contributed by atoms with Crippen LogP contribution < -0.4 is 0 Å². The van der Waals surface area contributed by atoms with Crippen molar-refractivity contribution in [2.24, 2.45) is 5.41 Å². The average Bonchev–Trinajstić information content (AvgIpc) is 2.00. The van der Waals surface area contributed by atoms with Crippen molar-refractivity contribution in [1.29, 1.82) is 0 Å². The van der Waals surface area contributed by atoms with Crippen LogP contribution in [-0.2, 0) is 10.2 Å². The van der Waals surface area contributed by atoms with E-state index in [1.54, 1.807) is 0 Å². The third kappa shape index (κ3) is 4.92. The number of aliphatic hydroxyl groups is 1. The van der Waals surface area contributed by atoms with Crippen LogP contribution in [0.25, 0.3) is 0 Å². The van der Waals surface area contributed by atoms with Gasteiger partial charge in [-0.3, -0.25) is 0 Å². The van der Waals surface area contributed by atoms with Crippen LogP contribution in [0.4, 0.5) is 0 Å². The van der Waals surface area contributed by atoms with E-state index in [9.17, 15) is 8.42 Å². The maximum atomic E-state index is 11.8. The third-order valence-electron chi connectivity index (χ3n) is 1.79. The van der Waals surface area contributed by atoms with Crippen LogP contribution >= 0.6 is 0 Å². The van der Waals surface area contributed by atoms with Crippen molar-refractivity contribution in [2.45, 2.75) is 20.8 Å². The molecule has 0 spiro atoms. The molecule has 0 radical (unpaired) electrons. The smallest absolute Gasteiger partial charge is 0.281 e. The monoisotopic (exact) mass is 238 g/mol. The van der Waals surface area contributed by atoms with Gasteiger partial charge in [-0.2, -0.15) is 17.0 Å². The summed E-state index contributed by atoms with van der Waals surface area (Å²) in [6, 6.07) is 0. The Morgan fingerprint density at radius 1 is 1.20 bits per heavy atom. The summed E-state index contributed by atoms with van der Waals surface area (Å²) in [6.07, 6.45) is 0. The van der Waals surface area contributed by atoms with Crippen molar-refractivity contribution >= 4 is 10.2 Å². The number of hydrogen-bond acceptors (Lipinski definition) is 3. The standard InChI is InChI=1S/C9H22N2O3S/c1-9(2,3)8-11(6-7-12)15(13,14)10(4)5/h12H,6-8H2,1-5H3. The van der Waals surface area contributed by atoms with Crippen LogP contribution in [0, 0.1) is 5.41 Å². The molecular formula is C9H22N2O3S. The normalized spacial score (nSPS) is 13.9. The molecule has 0 aromatic carbocycles. The molecule has 1 N–H and O–H groups in total. The van der Waals surface area contributed by atoms with Gasteiger partial charge in [-0.1, -0.05) is 20.8 Å². The zero-order valence-corrected chi connectivity index (χ0v) is 11.0. The summed E-state index contributed by atoms with van der Waals surface area (Å²) in [5.74, 6) is 0. The van der Waals surface area contributed by atoms with Crippen molar-refractivity contribution in [3.05, 3.63) is 0 Å². The molecule has 0 aliphatic carbocycles. The van der Waals surface area contributed by atoms with Crippen LogP contribution in [0.15, 0.2) is 0 Å². The molecule has 0 saturated carbocycles. The minimum absolute atomic E-state index is 0.127. The fourth-order valence-corrected chi connectivity index (χ4v) is 2.47. The molecule has 0 aromatic heterocycles. The Hall–Kier alpha value is -0.170. The van der Waals surface area contributed by atoms with Gasteiger partial charge in [0.1, 0.15) is 0 Å². The van der Waals surface area contributed by atoms with Gasteiger partial charge in [0.25, 0.3) is 10.2 Å². The summed E-state index contributed by atoms with van der Waals surface area (Å²) in [6.45, 7) is 6.25. The van der Waals surface area contributed by atoms with Crippen LogP contribution in [0.3, 0.4) is 0 Å². The Morgan fingerprint density at radius 3 is 1.93 bits per heavy atom. The molecule has 92 valence electrons. The average molecular weight is 238 g/mol. The Bertz CT molecular complexity index is 280. The fraction of sp³-hybridized carbons (Fsp3) is 1.00. The summed E-state index contributed by atoms with van der Waals surface area (Å²) >= 11 is 0. The third-order valence-corrected chi connectivity index (χ3v) is 3.67. The lowest BCUT2D eigenvalue weighted by atomic mass is 9.97. The Kier molecular flexibility index (Phi) is 5.19. The van der Waals surface area contributed by atoms with Crippen LogP contribution in [0.5, 0.6) is 0 Å². The van der Waals surface area contributed by atoms with Gasteiger partial charge in [0.15, 0.2) is 0 Å². The molecule has 15 heavy (non-hydrogen) atoms. The number of nitrogens with zero attached hydrogens (tertiary/aromatic N) is 2. The topological polar surface area (TPSA) is 60.9 Å². The molecule has 0 rings (SSSR count). The number of aliphatic hydroxyl groups excluding tert-OH is 1. The van der Waals surface area contributed by atoms with E-state index >= 15 is 0 Å². The molecule has 0 fully saturated rings. The van der Waals surface area contributed by atoms with Gasteiger partial charge in [-0.25, -0.2) is 0 Å². The summed E-state index contributed by atoms with van der Waals surface area (Å²) in [7, 11) is -0.451. The highest BCUT2D eigenvalue weighted by atomic mass is 32.2. The summed E-state index contributed by atoms with van der Waals surface area (Å²) in [5.41, 5.74) is -0.127. The zero-order chi connectivity index (χ0) is 12.3. The number of rotatable bonds is 5. The highest BCUT2D eigenvalue weighted by Gasteiger charge is 2.27. The van der Waals surface area contributed by atoms with E-state index in [4.69, 9.17) is 5.11 Å². The Balaban J connectivity index is 4.83. The maximum Gasteiger partial charge on any atom is 0.281 e. The predicted molar refractivity (Wildman–Crippen MR) is 60.7 cm³/mol. The highest BCUT2D eigenvalue weighted by Crippen LogP contribution is 2.18. The lowest BCUT2D eigenvalue weighted by Crippen LogP contribution is -2.45. The van der Waals surface area contributed by atoms with Gasteiger partial charge >= 0.3 is 0 Å². The molecule has 6 heteroatoms. The van der Waals surface area contributed by atoms with Crippen molar-refractivity contribution in [3.8, 4) is 0 Å². The quantitative estimate of drug-likeness (QED) is 0.741. The first-order valence-corrected chi connectivity index (χ1v) is 6.29. The molecule has 0 unspecified atom stereocenters. The van der Waals surface area contributed by atoms with E-state index in [-0.39, 0.29) is 18.6 Å². The van der Waals surface area contributed by atoms with E-state index in [2.05, 4.69) is 0 Å². The van der Waals surface area contributed by atoms with Crippen molar-refractivity contribution < 1.29 is 13.5 Å². The van der Waals surface area contributed by atoms with Crippen LogP contribution in [0.2, 0.25) is 0 Å². The van der Waals surface area contributed by atoms with Gasteiger partial charge in [-0.15, -0.1) is 0 Å². The first-order chi connectivity index (χ1) is 6.61. The first-order valence-electron chi connectivity index (χ1n) is 4.90. The van der Waals surface area contributed by atoms with Crippen molar-refractivity contribution in [2.75, 3.05) is 33.8 Å². The molecular weight excluding hydrogens is 216 g/mol. The van der Waals surface area contributed by atoms with Gasteiger partial charge in [-0.05, 0) is 5.41 Å². The minimum atomic E-state index is -3.43. The molecule has 0 atom stereocenters. The second-order valence-corrected chi connectivity index (χ2v) is 7.05. The predicted octanol–water partition coefficient (Wildman–Crippen LogP) is 0.133. The van der Waals surface area contributed by atoms with Crippen molar-refractivity contribution in [3.63, 3.8) is 0 Å². The van der Waals surface area contributed by atoms with E-state index in [1.165, 1.54) is 18.4 Å². The van der Waals surface area contributed by atoms with Gasteiger partial charge in [0, 0.05) is 27.2 Å². The van der Waals surface area contributed by atoms with Crippen LogP contribution in [-0.4, -0.2) is 55.9 Å². The molecule has 0 aliphatic heterocycles. The lowest BCUT2D eigenvalue weighted by molar-refractivity contribution is 0.213. The summed E-state index contributed by atoms with van der Waals surface area (Å²) < 4.78 is 26.1.